The lowest BCUT2D eigenvalue weighted by Crippen LogP contribution is -2.30. The predicted octanol–water partition coefficient (Wildman–Crippen LogP) is 2.79. The van der Waals surface area contributed by atoms with Crippen molar-refractivity contribution in [2.75, 3.05) is 13.7 Å². The monoisotopic (exact) mass is 337 g/mol. The van der Waals surface area contributed by atoms with E-state index in [4.69, 9.17) is 14.2 Å². The second-order valence-electron chi connectivity index (χ2n) is 7.10. The molecule has 0 aliphatic carbocycles. The molecular weight excluding hydrogens is 318 g/mol. The number of aryl methyl sites for hydroxylation is 1. The molecule has 1 saturated heterocycles. The Kier molecular flexibility index (Phi) is 2.82. The van der Waals surface area contributed by atoms with E-state index in [2.05, 4.69) is 11.5 Å². The fourth-order valence-electron chi connectivity index (χ4n) is 3.95. The van der Waals surface area contributed by atoms with Gasteiger partial charge in [0.1, 0.15) is 23.2 Å². The minimum Gasteiger partial charge on any atom is -0.496 e. The van der Waals surface area contributed by atoms with E-state index >= 15 is 0 Å². The van der Waals surface area contributed by atoms with Crippen molar-refractivity contribution in [3.05, 3.63) is 46.1 Å². The van der Waals surface area contributed by atoms with Crippen LogP contribution < -0.4 is 14.9 Å². The molecule has 0 spiro atoms. The van der Waals surface area contributed by atoms with Crippen LogP contribution in [-0.2, 0) is 18.2 Å². The van der Waals surface area contributed by atoms with Gasteiger partial charge in [-0.15, -0.1) is 0 Å². The normalized spacial score (nSPS) is 24.4. The molecule has 2 atom stereocenters. The minimum atomic E-state index is -0.228. The van der Waals surface area contributed by atoms with Crippen LogP contribution in [0.25, 0.3) is 21.8 Å². The summed E-state index contributed by atoms with van der Waals surface area (Å²) in [5.74, 6) is 1.35. The van der Waals surface area contributed by atoms with E-state index in [0.29, 0.717) is 23.1 Å². The lowest BCUT2D eigenvalue weighted by atomic mass is 9.97. The molecule has 0 bridgehead atoms. The van der Waals surface area contributed by atoms with Crippen molar-refractivity contribution in [3.8, 4) is 11.5 Å². The number of hydrogen-bond donors (Lipinski definition) is 0. The highest BCUT2D eigenvalue weighted by Crippen LogP contribution is 2.45. The summed E-state index contributed by atoms with van der Waals surface area (Å²) in [5, 5.41) is 1.32. The smallest absolute Gasteiger partial charge is 0.200 e. The Balaban J connectivity index is 1.89. The van der Waals surface area contributed by atoms with Crippen LogP contribution in [-0.4, -0.2) is 30.0 Å². The van der Waals surface area contributed by atoms with Gasteiger partial charge < -0.3 is 18.8 Å². The lowest BCUT2D eigenvalue weighted by molar-refractivity contribution is 0.127. The van der Waals surface area contributed by atoms with Crippen LogP contribution in [0, 0.1) is 0 Å². The maximum absolute atomic E-state index is 13.2. The average molecular weight is 337 g/mol. The number of hydrogen-bond acceptors (Lipinski definition) is 4. The second kappa shape index (κ2) is 4.76. The summed E-state index contributed by atoms with van der Waals surface area (Å²) in [6.45, 7) is 2.78. The van der Waals surface area contributed by atoms with Gasteiger partial charge in [0.05, 0.1) is 30.1 Å². The molecular formula is C20H19NO4. The molecule has 5 rings (SSSR count). The number of methoxy groups -OCH3 is 1. The van der Waals surface area contributed by atoms with Gasteiger partial charge in [0.15, 0.2) is 0 Å². The van der Waals surface area contributed by atoms with Gasteiger partial charge >= 0.3 is 0 Å². The third kappa shape index (κ3) is 1.90. The van der Waals surface area contributed by atoms with Crippen LogP contribution in [0.4, 0.5) is 0 Å². The van der Waals surface area contributed by atoms with Crippen molar-refractivity contribution in [1.29, 1.82) is 0 Å². The highest BCUT2D eigenvalue weighted by molar-refractivity contribution is 5.99. The quantitative estimate of drug-likeness (QED) is 0.533. The molecule has 1 fully saturated rings. The highest BCUT2D eigenvalue weighted by Gasteiger charge is 2.51. The van der Waals surface area contributed by atoms with Crippen LogP contribution in [0.5, 0.6) is 11.5 Å². The Hall–Kier alpha value is -2.53. The molecule has 0 N–H and O–H groups in total. The van der Waals surface area contributed by atoms with E-state index in [1.807, 2.05) is 37.4 Å². The molecule has 1 aromatic heterocycles. The van der Waals surface area contributed by atoms with Crippen molar-refractivity contribution in [2.24, 2.45) is 7.05 Å². The standard InChI is InChI=1S/C20H19NO4/c1-20(10-24-20)16-8-12-14(25-16)9-15(23-3)17-18(12)21(2)13-7-5-4-6-11(13)19(17)22/h4-7,9,16H,8,10H2,1-3H3/t16-,20-/m1/s1. The molecule has 2 aliphatic heterocycles. The molecule has 0 radical (unpaired) electrons. The number of aromatic nitrogens is 1. The van der Waals surface area contributed by atoms with Crippen molar-refractivity contribution < 1.29 is 14.2 Å². The zero-order chi connectivity index (χ0) is 17.3. The zero-order valence-corrected chi connectivity index (χ0v) is 14.5. The Morgan fingerprint density at radius 1 is 1.32 bits per heavy atom. The molecule has 128 valence electrons. The number of ether oxygens (including phenoxy) is 3. The minimum absolute atomic E-state index is 0.000633. The first-order valence-corrected chi connectivity index (χ1v) is 8.45. The summed E-state index contributed by atoms with van der Waals surface area (Å²) >= 11 is 0. The van der Waals surface area contributed by atoms with Crippen LogP contribution in [0.3, 0.4) is 0 Å². The number of pyridine rings is 1. The molecule has 5 nitrogen and oxygen atoms in total. The van der Waals surface area contributed by atoms with Crippen LogP contribution in [0.15, 0.2) is 35.1 Å². The van der Waals surface area contributed by atoms with Gasteiger partial charge in [-0.25, -0.2) is 0 Å². The number of epoxide rings is 1. The number of benzene rings is 2. The summed E-state index contributed by atoms with van der Waals surface area (Å²) in [6.07, 6.45) is 0.706. The van der Waals surface area contributed by atoms with Gasteiger partial charge in [-0.3, -0.25) is 4.79 Å². The highest BCUT2D eigenvalue weighted by atomic mass is 16.6. The van der Waals surface area contributed by atoms with Gasteiger partial charge in [-0.2, -0.15) is 0 Å². The predicted molar refractivity (Wildman–Crippen MR) is 95.7 cm³/mol. The number of rotatable bonds is 2. The van der Waals surface area contributed by atoms with Gasteiger partial charge in [-0.05, 0) is 19.1 Å². The number of nitrogens with zero attached hydrogens (tertiary/aromatic N) is 1. The number of fused-ring (bicyclic) bond motifs is 4. The van der Waals surface area contributed by atoms with Gasteiger partial charge in [0, 0.05) is 30.5 Å². The molecule has 3 heterocycles. The largest absolute Gasteiger partial charge is 0.496 e. The average Bonchev–Trinajstić information content (AvgIpc) is 3.23. The fraction of sp³-hybridized carbons (Fsp3) is 0.350. The van der Waals surface area contributed by atoms with Crippen molar-refractivity contribution >= 4 is 21.8 Å². The summed E-state index contributed by atoms with van der Waals surface area (Å²) in [5.41, 5.74) is 2.63. The Bertz CT molecular complexity index is 1090. The Labute approximate surface area is 144 Å². The van der Waals surface area contributed by atoms with E-state index in [-0.39, 0.29) is 17.1 Å². The maximum Gasteiger partial charge on any atom is 0.200 e. The van der Waals surface area contributed by atoms with E-state index in [0.717, 1.165) is 28.8 Å². The van der Waals surface area contributed by atoms with Crippen LogP contribution >= 0.6 is 0 Å². The maximum atomic E-state index is 13.2. The van der Waals surface area contributed by atoms with Gasteiger partial charge in [0.25, 0.3) is 0 Å². The summed E-state index contributed by atoms with van der Waals surface area (Å²) in [4.78, 5) is 13.2. The molecule has 0 saturated carbocycles. The molecule has 0 amide bonds. The topological polar surface area (TPSA) is 53.0 Å². The number of para-hydroxylation sites is 1. The third-order valence-electron chi connectivity index (χ3n) is 5.56. The lowest BCUT2D eigenvalue weighted by Gasteiger charge is -2.15. The van der Waals surface area contributed by atoms with E-state index in [1.54, 1.807) is 7.11 Å². The molecule has 25 heavy (non-hydrogen) atoms. The molecule has 3 aromatic rings. The first kappa shape index (κ1) is 14.8. The van der Waals surface area contributed by atoms with Gasteiger partial charge in [-0.1, -0.05) is 12.1 Å². The van der Waals surface area contributed by atoms with E-state index < -0.39 is 0 Å². The van der Waals surface area contributed by atoms with Crippen molar-refractivity contribution in [3.63, 3.8) is 0 Å². The summed E-state index contributed by atoms with van der Waals surface area (Å²) in [6, 6.07) is 9.52. The zero-order valence-electron chi connectivity index (χ0n) is 14.5. The molecule has 2 aliphatic rings. The van der Waals surface area contributed by atoms with Crippen molar-refractivity contribution in [1.82, 2.24) is 4.57 Å². The van der Waals surface area contributed by atoms with Gasteiger partial charge in [0.2, 0.25) is 5.43 Å². The SMILES string of the molecule is COc1cc2c(c3c1c(=O)c1ccccc1n3C)C[C@H]([C@@]1(C)CO1)O2. The first-order chi connectivity index (χ1) is 12.0. The fourth-order valence-corrected chi connectivity index (χ4v) is 3.95. The Morgan fingerprint density at radius 3 is 2.80 bits per heavy atom. The van der Waals surface area contributed by atoms with Crippen LogP contribution in [0.1, 0.15) is 12.5 Å². The molecule has 5 heteroatoms. The summed E-state index contributed by atoms with van der Waals surface area (Å²) < 4.78 is 19.4. The second-order valence-corrected chi connectivity index (χ2v) is 7.10. The van der Waals surface area contributed by atoms with E-state index in [9.17, 15) is 4.79 Å². The van der Waals surface area contributed by atoms with Crippen LogP contribution in [0.2, 0.25) is 0 Å². The van der Waals surface area contributed by atoms with E-state index in [1.165, 1.54) is 0 Å². The van der Waals surface area contributed by atoms with Crippen molar-refractivity contribution in [2.45, 2.75) is 25.0 Å². The first-order valence-electron chi connectivity index (χ1n) is 8.45. The Morgan fingerprint density at radius 2 is 2.08 bits per heavy atom. The molecule has 0 unspecified atom stereocenters. The third-order valence-corrected chi connectivity index (χ3v) is 5.56. The summed E-state index contributed by atoms with van der Waals surface area (Å²) in [7, 11) is 3.58. The molecule has 2 aromatic carbocycles.